The predicted molar refractivity (Wildman–Crippen MR) is 94.0 cm³/mol. The highest BCUT2D eigenvalue weighted by molar-refractivity contribution is 6.31. The molecular formula is C18H11ClF5N3O2. The lowest BCUT2D eigenvalue weighted by molar-refractivity contribution is -0.137. The molecule has 1 aromatic heterocycles. The summed E-state index contributed by atoms with van der Waals surface area (Å²) < 4.78 is 72.3. The lowest BCUT2D eigenvalue weighted by Gasteiger charge is -2.10. The van der Waals surface area contributed by atoms with E-state index in [0.29, 0.717) is 0 Å². The molecule has 5 nitrogen and oxygen atoms in total. The van der Waals surface area contributed by atoms with Crippen LogP contribution in [0.5, 0.6) is 11.6 Å². The monoisotopic (exact) mass is 431 g/mol. The number of anilines is 1. The number of benzene rings is 2. The van der Waals surface area contributed by atoms with Crippen LogP contribution < -0.4 is 10.1 Å². The Hall–Kier alpha value is -3.14. The summed E-state index contributed by atoms with van der Waals surface area (Å²) in [6, 6.07) is 5.83. The maximum Gasteiger partial charge on any atom is 0.416 e. The second-order valence-corrected chi connectivity index (χ2v) is 6.20. The third kappa shape index (κ3) is 4.48. The summed E-state index contributed by atoms with van der Waals surface area (Å²) in [5.41, 5.74) is -1.53. The van der Waals surface area contributed by atoms with Gasteiger partial charge in [0, 0.05) is 13.2 Å². The zero-order valence-corrected chi connectivity index (χ0v) is 15.3. The number of hydrogen-bond donors (Lipinski definition) is 1. The van der Waals surface area contributed by atoms with E-state index in [9.17, 15) is 26.7 Å². The summed E-state index contributed by atoms with van der Waals surface area (Å²) in [4.78, 5) is 12.5. The van der Waals surface area contributed by atoms with Crippen LogP contribution in [0, 0.1) is 11.6 Å². The van der Waals surface area contributed by atoms with Crippen molar-refractivity contribution >= 4 is 23.2 Å². The predicted octanol–water partition coefficient (Wildman–Crippen LogP) is 5.42. The molecule has 152 valence electrons. The van der Waals surface area contributed by atoms with Gasteiger partial charge in [-0.15, -0.1) is 5.10 Å². The maximum absolute atomic E-state index is 14.0. The minimum absolute atomic E-state index is 0.190. The fraction of sp³-hybridized carbons (Fsp3) is 0.111. The van der Waals surface area contributed by atoms with Crippen LogP contribution in [0.25, 0.3) is 0 Å². The van der Waals surface area contributed by atoms with E-state index in [1.807, 2.05) is 0 Å². The Kier molecular flexibility index (Phi) is 5.47. The molecule has 0 spiro atoms. The molecule has 0 saturated carbocycles. The number of alkyl halides is 3. The standard InChI is InChI=1S/C18H11ClF5N3O2/c1-27-8-11(16(28)25-13-6-5-12(20)14(19)15(13)21)17(26-27)29-10-4-2-3-9(7-10)18(22,23)24/h2-8H,1H3,(H,25,28). The van der Waals surface area contributed by atoms with Crippen LogP contribution in [0.4, 0.5) is 27.6 Å². The molecule has 0 aliphatic rings. The van der Waals surface area contributed by atoms with Gasteiger partial charge in [0.25, 0.3) is 11.8 Å². The third-order valence-electron chi connectivity index (χ3n) is 3.70. The molecule has 11 heteroatoms. The number of hydrogen-bond acceptors (Lipinski definition) is 3. The number of nitrogens with one attached hydrogen (secondary N) is 1. The number of halogens is 6. The fourth-order valence-corrected chi connectivity index (χ4v) is 2.52. The van der Waals surface area contributed by atoms with Gasteiger partial charge in [0.2, 0.25) is 0 Å². The van der Waals surface area contributed by atoms with Crippen molar-refractivity contribution in [3.63, 3.8) is 0 Å². The summed E-state index contributed by atoms with van der Waals surface area (Å²) >= 11 is 5.47. The summed E-state index contributed by atoms with van der Waals surface area (Å²) in [5.74, 6) is -3.58. The van der Waals surface area contributed by atoms with E-state index in [1.54, 1.807) is 0 Å². The van der Waals surface area contributed by atoms with Crippen LogP contribution in [-0.4, -0.2) is 15.7 Å². The first-order chi connectivity index (χ1) is 13.6. The number of carbonyl (C=O) groups is 1. The van der Waals surface area contributed by atoms with Crippen LogP contribution in [0.15, 0.2) is 42.6 Å². The highest BCUT2D eigenvalue weighted by Crippen LogP contribution is 2.33. The van der Waals surface area contributed by atoms with Crippen LogP contribution in [-0.2, 0) is 13.2 Å². The minimum Gasteiger partial charge on any atom is -0.437 e. The molecule has 2 aromatic carbocycles. The van der Waals surface area contributed by atoms with E-state index in [4.69, 9.17) is 16.3 Å². The summed E-state index contributed by atoms with van der Waals surface area (Å²) in [6.07, 6.45) is -3.36. The fourth-order valence-electron chi connectivity index (χ4n) is 2.36. The molecule has 0 unspecified atom stereocenters. The molecule has 1 amide bonds. The zero-order chi connectivity index (χ0) is 21.3. The highest BCUT2D eigenvalue weighted by Gasteiger charge is 2.31. The molecule has 3 rings (SSSR count). The van der Waals surface area contributed by atoms with E-state index in [1.165, 1.54) is 24.0 Å². The van der Waals surface area contributed by atoms with Crippen molar-refractivity contribution < 1.29 is 31.5 Å². The number of aryl methyl sites for hydroxylation is 1. The molecule has 29 heavy (non-hydrogen) atoms. The number of aromatic nitrogens is 2. The third-order valence-corrected chi connectivity index (χ3v) is 4.05. The van der Waals surface area contributed by atoms with Gasteiger partial charge in [-0.3, -0.25) is 9.48 Å². The summed E-state index contributed by atoms with van der Waals surface area (Å²) in [6.45, 7) is 0. The van der Waals surface area contributed by atoms with Crippen molar-refractivity contribution in [3.8, 4) is 11.6 Å². The Morgan fingerprint density at radius 3 is 2.62 bits per heavy atom. The largest absolute Gasteiger partial charge is 0.437 e. The molecule has 0 bridgehead atoms. The van der Waals surface area contributed by atoms with Gasteiger partial charge in [-0.05, 0) is 30.3 Å². The maximum atomic E-state index is 14.0. The molecule has 0 radical (unpaired) electrons. The Labute approximate surface area is 165 Å². The molecule has 1 N–H and O–H groups in total. The van der Waals surface area contributed by atoms with Gasteiger partial charge in [-0.2, -0.15) is 13.2 Å². The number of ether oxygens (including phenoxy) is 1. The number of carbonyl (C=O) groups excluding carboxylic acids is 1. The highest BCUT2D eigenvalue weighted by atomic mass is 35.5. The second-order valence-electron chi connectivity index (χ2n) is 5.83. The van der Waals surface area contributed by atoms with Crippen molar-refractivity contribution in [2.45, 2.75) is 6.18 Å². The lowest BCUT2D eigenvalue weighted by atomic mass is 10.2. The zero-order valence-electron chi connectivity index (χ0n) is 14.5. The first-order valence-corrected chi connectivity index (χ1v) is 8.27. The van der Waals surface area contributed by atoms with Gasteiger partial charge in [0.1, 0.15) is 22.2 Å². The summed E-state index contributed by atoms with van der Waals surface area (Å²) in [5, 5.41) is 5.28. The van der Waals surface area contributed by atoms with E-state index in [2.05, 4.69) is 10.4 Å². The average molecular weight is 432 g/mol. The minimum atomic E-state index is -4.58. The van der Waals surface area contributed by atoms with E-state index < -0.39 is 40.0 Å². The van der Waals surface area contributed by atoms with Gasteiger partial charge >= 0.3 is 6.18 Å². The van der Waals surface area contributed by atoms with E-state index in [-0.39, 0.29) is 17.2 Å². The molecule has 3 aromatic rings. The van der Waals surface area contributed by atoms with Gasteiger partial charge in [0.05, 0.1) is 11.3 Å². The first-order valence-electron chi connectivity index (χ1n) is 7.90. The van der Waals surface area contributed by atoms with Crippen molar-refractivity contribution in [3.05, 3.63) is 70.4 Å². The van der Waals surface area contributed by atoms with Crippen molar-refractivity contribution in [1.29, 1.82) is 0 Å². The molecule has 0 aliphatic carbocycles. The van der Waals surface area contributed by atoms with Crippen LogP contribution in [0.3, 0.4) is 0 Å². The molecule has 0 atom stereocenters. The topological polar surface area (TPSA) is 56.2 Å². The van der Waals surface area contributed by atoms with E-state index >= 15 is 0 Å². The smallest absolute Gasteiger partial charge is 0.416 e. The first kappa shape index (κ1) is 20.6. The summed E-state index contributed by atoms with van der Waals surface area (Å²) in [7, 11) is 1.45. The van der Waals surface area contributed by atoms with Crippen molar-refractivity contribution in [2.75, 3.05) is 5.32 Å². The van der Waals surface area contributed by atoms with Crippen LogP contribution >= 0.6 is 11.6 Å². The Bertz CT molecular complexity index is 1080. The average Bonchev–Trinajstić information content (AvgIpc) is 3.02. The van der Waals surface area contributed by atoms with Gasteiger partial charge < -0.3 is 10.1 Å². The second kappa shape index (κ2) is 7.70. The Morgan fingerprint density at radius 1 is 1.21 bits per heavy atom. The molecule has 0 aliphatic heterocycles. The number of nitrogens with zero attached hydrogens (tertiary/aromatic N) is 2. The lowest BCUT2D eigenvalue weighted by Crippen LogP contribution is -2.13. The SMILES string of the molecule is Cn1cc(C(=O)Nc2ccc(F)c(Cl)c2F)c(Oc2cccc(C(F)(F)F)c2)n1. The number of amides is 1. The van der Waals surface area contributed by atoms with E-state index in [0.717, 1.165) is 30.3 Å². The van der Waals surface area contributed by atoms with Crippen molar-refractivity contribution in [2.24, 2.45) is 7.05 Å². The van der Waals surface area contributed by atoms with Crippen LogP contribution in [0.1, 0.15) is 15.9 Å². The van der Waals surface area contributed by atoms with Gasteiger partial charge in [-0.1, -0.05) is 17.7 Å². The quantitative estimate of drug-likeness (QED) is 0.443. The normalized spacial score (nSPS) is 11.4. The van der Waals surface area contributed by atoms with Crippen LogP contribution in [0.2, 0.25) is 5.02 Å². The van der Waals surface area contributed by atoms with Crippen molar-refractivity contribution in [1.82, 2.24) is 9.78 Å². The molecule has 1 heterocycles. The Morgan fingerprint density at radius 2 is 1.93 bits per heavy atom. The Balaban J connectivity index is 1.88. The molecule has 0 saturated heterocycles. The molecular weight excluding hydrogens is 421 g/mol. The number of rotatable bonds is 4. The van der Waals surface area contributed by atoms with Gasteiger partial charge in [0.15, 0.2) is 5.82 Å². The van der Waals surface area contributed by atoms with Gasteiger partial charge in [-0.25, -0.2) is 8.78 Å². The molecule has 0 fully saturated rings.